The number of nitrogens with one attached hydrogen (secondary N) is 1. The molecule has 0 amide bonds. The molecule has 0 radical (unpaired) electrons. The van der Waals surface area contributed by atoms with Crippen molar-refractivity contribution in [3.63, 3.8) is 0 Å². The molecule has 0 spiro atoms. The first kappa shape index (κ1) is 16.4. The second-order valence-corrected chi connectivity index (χ2v) is 7.70. The summed E-state index contributed by atoms with van der Waals surface area (Å²) in [5, 5.41) is 9.78. The van der Waals surface area contributed by atoms with Gasteiger partial charge in [-0.3, -0.25) is 9.71 Å². The van der Waals surface area contributed by atoms with E-state index in [4.69, 9.17) is 11.6 Å². The summed E-state index contributed by atoms with van der Waals surface area (Å²) in [7, 11) is -3.81. The highest BCUT2D eigenvalue weighted by Gasteiger charge is 2.19. The van der Waals surface area contributed by atoms with Crippen molar-refractivity contribution in [2.75, 3.05) is 4.72 Å². The molecule has 0 bridgehead atoms. The minimum absolute atomic E-state index is 0.0555. The van der Waals surface area contributed by atoms with Crippen molar-refractivity contribution >= 4 is 38.1 Å². The van der Waals surface area contributed by atoms with E-state index in [0.29, 0.717) is 16.4 Å². The molecule has 2 aromatic heterocycles. The van der Waals surface area contributed by atoms with Crippen LogP contribution in [0.15, 0.2) is 53.6 Å². The molecule has 1 aromatic carbocycles. The SMILES string of the molecule is N#Cc1sc(NS(=O)(=O)c2ccc(Cl)cc2)nc1-c1ccccn1. The van der Waals surface area contributed by atoms with Gasteiger partial charge in [0.2, 0.25) is 0 Å². The van der Waals surface area contributed by atoms with Crippen molar-refractivity contribution in [3.05, 3.63) is 58.6 Å². The van der Waals surface area contributed by atoms with Crippen LogP contribution in [0.25, 0.3) is 11.4 Å². The molecule has 3 aromatic rings. The third kappa shape index (κ3) is 3.38. The fourth-order valence-corrected chi connectivity index (χ4v) is 4.04. The number of aromatic nitrogens is 2. The Hall–Kier alpha value is -2.47. The predicted octanol–water partition coefficient (Wildman–Crippen LogP) is 3.53. The topological polar surface area (TPSA) is 95.7 Å². The first-order chi connectivity index (χ1) is 11.5. The van der Waals surface area contributed by atoms with Gasteiger partial charge in [-0.05, 0) is 36.4 Å². The molecule has 0 unspecified atom stereocenters. The molecule has 0 fully saturated rings. The molecule has 0 aliphatic rings. The van der Waals surface area contributed by atoms with Crippen molar-refractivity contribution < 1.29 is 8.42 Å². The van der Waals surface area contributed by atoms with Crippen LogP contribution in [0.2, 0.25) is 5.02 Å². The number of thiazole rings is 1. The van der Waals surface area contributed by atoms with Gasteiger partial charge in [-0.15, -0.1) is 0 Å². The van der Waals surface area contributed by atoms with Crippen molar-refractivity contribution in [1.29, 1.82) is 5.26 Å². The third-order valence-electron chi connectivity index (χ3n) is 2.98. The number of hydrogen-bond acceptors (Lipinski definition) is 6. The average Bonchev–Trinajstić information content (AvgIpc) is 2.98. The Balaban J connectivity index is 1.95. The molecule has 0 atom stereocenters. The maximum absolute atomic E-state index is 12.4. The van der Waals surface area contributed by atoms with E-state index in [9.17, 15) is 13.7 Å². The van der Waals surface area contributed by atoms with Crippen molar-refractivity contribution in [2.45, 2.75) is 4.90 Å². The molecule has 120 valence electrons. The van der Waals surface area contributed by atoms with Gasteiger partial charge in [0.05, 0.1) is 10.6 Å². The van der Waals surface area contributed by atoms with Crippen molar-refractivity contribution in [1.82, 2.24) is 9.97 Å². The van der Waals surface area contributed by atoms with Gasteiger partial charge in [-0.1, -0.05) is 29.0 Å². The van der Waals surface area contributed by atoms with Gasteiger partial charge in [-0.2, -0.15) is 5.26 Å². The largest absolute Gasteiger partial charge is 0.263 e. The first-order valence-corrected chi connectivity index (χ1v) is 9.28. The summed E-state index contributed by atoms with van der Waals surface area (Å²) in [4.78, 5) is 8.67. The van der Waals surface area contributed by atoms with Gasteiger partial charge in [0.1, 0.15) is 16.6 Å². The van der Waals surface area contributed by atoms with E-state index >= 15 is 0 Å². The number of benzene rings is 1. The fourth-order valence-electron chi connectivity index (χ4n) is 1.90. The number of hydrogen-bond donors (Lipinski definition) is 1. The molecule has 3 rings (SSSR count). The quantitative estimate of drug-likeness (QED) is 0.751. The highest BCUT2D eigenvalue weighted by molar-refractivity contribution is 7.93. The fraction of sp³-hybridized carbons (Fsp3) is 0. The van der Waals surface area contributed by atoms with Crippen LogP contribution in [-0.2, 0) is 10.0 Å². The summed E-state index contributed by atoms with van der Waals surface area (Å²) in [5.74, 6) is 0. The Morgan fingerprint density at radius 1 is 1.17 bits per heavy atom. The molecular formula is C15H9ClN4O2S2. The molecule has 0 aliphatic heterocycles. The second kappa shape index (κ2) is 6.57. The minimum atomic E-state index is -3.81. The van der Waals surface area contributed by atoms with Crippen molar-refractivity contribution in [3.8, 4) is 17.5 Å². The Morgan fingerprint density at radius 3 is 2.54 bits per heavy atom. The molecule has 0 saturated carbocycles. The number of nitriles is 1. The van der Waals surface area contributed by atoms with Crippen LogP contribution in [0.1, 0.15) is 4.88 Å². The highest BCUT2D eigenvalue weighted by Crippen LogP contribution is 2.30. The molecule has 9 heteroatoms. The van der Waals surface area contributed by atoms with E-state index in [1.807, 2.05) is 6.07 Å². The summed E-state index contributed by atoms with van der Waals surface area (Å²) < 4.78 is 27.1. The highest BCUT2D eigenvalue weighted by atomic mass is 35.5. The van der Waals surface area contributed by atoms with Crippen LogP contribution in [-0.4, -0.2) is 18.4 Å². The van der Waals surface area contributed by atoms with Gasteiger partial charge < -0.3 is 0 Å². The number of sulfonamides is 1. The van der Waals surface area contributed by atoms with E-state index in [1.54, 1.807) is 24.4 Å². The van der Waals surface area contributed by atoms with Crippen LogP contribution in [0.4, 0.5) is 5.13 Å². The molecule has 0 saturated heterocycles. The average molecular weight is 377 g/mol. The van der Waals surface area contributed by atoms with Gasteiger partial charge in [-0.25, -0.2) is 13.4 Å². The van der Waals surface area contributed by atoms with Crippen LogP contribution in [0.3, 0.4) is 0 Å². The number of rotatable bonds is 4. The molecule has 6 nitrogen and oxygen atoms in total. The zero-order valence-corrected chi connectivity index (χ0v) is 14.4. The van der Waals surface area contributed by atoms with E-state index < -0.39 is 10.0 Å². The number of anilines is 1. The van der Waals surface area contributed by atoms with Gasteiger partial charge in [0, 0.05) is 11.2 Å². The van der Waals surface area contributed by atoms with Crippen LogP contribution < -0.4 is 4.72 Å². The maximum Gasteiger partial charge on any atom is 0.263 e. The van der Waals surface area contributed by atoms with Gasteiger partial charge >= 0.3 is 0 Å². The Morgan fingerprint density at radius 2 is 1.92 bits per heavy atom. The first-order valence-electron chi connectivity index (χ1n) is 6.60. The standard InChI is InChI=1S/C15H9ClN4O2S2/c16-10-4-6-11(7-5-10)24(21,22)20-15-19-14(13(9-17)23-15)12-3-1-2-8-18-12/h1-8H,(H,19,20). The Bertz CT molecular complexity index is 1010. The minimum Gasteiger partial charge on any atom is -0.255 e. The Kier molecular flexibility index (Phi) is 4.49. The van der Waals surface area contributed by atoms with E-state index in [-0.39, 0.29) is 14.9 Å². The van der Waals surface area contributed by atoms with Crippen molar-refractivity contribution in [2.24, 2.45) is 0 Å². The van der Waals surface area contributed by atoms with Crippen LogP contribution >= 0.6 is 22.9 Å². The zero-order chi connectivity index (χ0) is 17.2. The van der Waals surface area contributed by atoms with E-state index in [2.05, 4.69) is 14.7 Å². The lowest BCUT2D eigenvalue weighted by Crippen LogP contribution is -2.12. The summed E-state index contributed by atoms with van der Waals surface area (Å²) in [6, 6.07) is 13.0. The van der Waals surface area contributed by atoms with E-state index in [0.717, 1.165) is 11.3 Å². The van der Waals surface area contributed by atoms with Gasteiger partial charge in [0.25, 0.3) is 10.0 Å². The number of nitrogens with zero attached hydrogens (tertiary/aromatic N) is 3. The molecular weight excluding hydrogens is 368 g/mol. The summed E-state index contributed by atoms with van der Waals surface area (Å²) in [6.07, 6.45) is 1.58. The van der Waals surface area contributed by atoms with Gasteiger partial charge in [0.15, 0.2) is 5.13 Å². The predicted molar refractivity (Wildman–Crippen MR) is 92.3 cm³/mol. The molecule has 1 N–H and O–H groups in total. The lowest BCUT2D eigenvalue weighted by molar-refractivity contribution is 0.601. The molecule has 2 heterocycles. The number of pyridine rings is 1. The Labute approximate surface area is 147 Å². The van der Waals surface area contributed by atoms with Crippen LogP contribution in [0.5, 0.6) is 0 Å². The smallest absolute Gasteiger partial charge is 0.255 e. The van der Waals surface area contributed by atoms with E-state index in [1.165, 1.54) is 24.3 Å². The summed E-state index contributed by atoms with van der Waals surface area (Å²) in [5.41, 5.74) is 0.846. The normalized spacial score (nSPS) is 11.0. The molecule has 0 aliphatic carbocycles. The number of halogens is 1. The third-order valence-corrected chi connectivity index (χ3v) is 5.59. The van der Waals surface area contributed by atoms with Crippen LogP contribution in [0, 0.1) is 11.3 Å². The molecule has 24 heavy (non-hydrogen) atoms. The maximum atomic E-state index is 12.4. The summed E-state index contributed by atoms with van der Waals surface area (Å²) >= 11 is 6.71. The lowest BCUT2D eigenvalue weighted by Gasteiger charge is -2.04. The monoisotopic (exact) mass is 376 g/mol. The summed E-state index contributed by atoms with van der Waals surface area (Å²) in [6.45, 7) is 0. The second-order valence-electron chi connectivity index (χ2n) is 4.58. The lowest BCUT2D eigenvalue weighted by atomic mass is 10.2. The zero-order valence-electron chi connectivity index (χ0n) is 12.0.